The first-order chi connectivity index (χ1) is 15.3. The Balaban J connectivity index is 1.58. The molecule has 0 spiro atoms. The van der Waals surface area contributed by atoms with Crippen molar-refractivity contribution in [2.75, 3.05) is 6.54 Å². The maximum Gasteiger partial charge on any atom is 0.243 e. The van der Waals surface area contributed by atoms with E-state index in [4.69, 9.17) is 11.6 Å². The Morgan fingerprint density at radius 1 is 1.03 bits per heavy atom. The molecule has 32 heavy (non-hydrogen) atoms. The van der Waals surface area contributed by atoms with Crippen LogP contribution in [0, 0.1) is 5.82 Å². The molecule has 1 aliphatic heterocycles. The Hall–Kier alpha value is -2.74. The van der Waals surface area contributed by atoms with Crippen molar-refractivity contribution in [3.8, 4) is 0 Å². The lowest BCUT2D eigenvalue weighted by Crippen LogP contribution is -2.42. The summed E-state index contributed by atoms with van der Waals surface area (Å²) in [6.07, 6.45) is 0.543. The van der Waals surface area contributed by atoms with Crippen molar-refractivity contribution in [2.45, 2.75) is 30.3 Å². The number of amides is 1. The molecule has 1 amide bonds. The number of hydrogen-bond donors (Lipinski definition) is 1. The lowest BCUT2D eigenvalue weighted by atomic mass is 9.92. The Bertz CT molecular complexity index is 1210. The standard InChI is InChI=1S/C24H22ClFN2O3S/c25-19-7-11-21(12-8-19)32(30,31)28-14-13-18-3-1-2-4-22(18)23(28)15-24(29)27-16-17-5-9-20(26)10-6-17/h1-12,23H,13-16H2,(H,27,29). The average molecular weight is 473 g/mol. The third-order valence-corrected chi connectivity index (χ3v) is 7.74. The van der Waals surface area contributed by atoms with Crippen LogP contribution in [0.4, 0.5) is 4.39 Å². The zero-order valence-electron chi connectivity index (χ0n) is 17.2. The molecule has 4 rings (SSSR count). The SMILES string of the molecule is O=C(CC1c2ccccc2CCN1S(=O)(=O)c1ccc(Cl)cc1)NCc1ccc(F)cc1. The van der Waals surface area contributed by atoms with Crippen molar-refractivity contribution in [1.82, 2.24) is 9.62 Å². The number of sulfonamides is 1. The monoisotopic (exact) mass is 472 g/mol. The van der Waals surface area contributed by atoms with Gasteiger partial charge < -0.3 is 5.32 Å². The highest BCUT2D eigenvalue weighted by Crippen LogP contribution is 2.36. The zero-order valence-corrected chi connectivity index (χ0v) is 18.7. The van der Waals surface area contributed by atoms with Crippen LogP contribution in [0.15, 0.2) is 77.7 Å². The fraction of sp³-hybridized carbons (Fsp3) is 0.208. The van der Waals surface area contributed by atoms with Crippen LogP contribution < -0.4 is 5.32 Å². The van der Waals surface area contributed by atoms with Crippen LogP contribution in [0.3, 0.4) is 0 Å². The number of benzene rings is 3. The Kier molecular flexibility index (Phi) is 6.60. The Morgan fingerprint density at radius 3 is 2.44 bits per heavy atom. The highest BCUT2D eigenvalue weighted by atomic mass is 35.5. The van der Waals surface area contributed by atoms with Crippen molar-refractivity contribution in [2.24, 2.45) is 0 Å². The van der Waals surface area contributed by atoms with E-state index in [-0.39, 0.29) is 36.1 Å². The molecule has 0 bridgehead atoms. The van der Waals surface area contributed by atoms with E-state index in [1.165, 1.54) is 40.7 Å². The molecule has 0 aliphatic carbocycles. The number of carbonyl (C=O) groups excluding carboxylic acids is 1. The predicted molar refractivity (Wildman–Crippen MR) is 121 cm³/mol. The van der Waals surface area contributed by atoms with Gasteiger partial charge in [0.1, 0.15) is 5.82 Å². The molecular weight excluding hydrogens is 451 g/mol. The van der Waals surface area contributed by atoms with E-state index in [0.717, 1.165) is 16.7 Å². The lowest BCUT2D eigenvalue weighted by molar-refractivity contribution is -0.122. The van der Waals surface area contributed by atoms with Gasteiger partial charge in [-0.25, -0.2) is 12.8 Å². The fourth-order valence-electron chi connectivity index (χ4n) is 3.92. The van der Waals surface area contributed by atoms with Gasteiger partial charge in [0.15, 0.2) is 0 Å². The summed E-state index contributed by atoms with van der Waals surface area (Å²) in [6, 6.07) is 18.9. The van der Waals surface area contributed by atoms with Gasteiger partial charge in [0, 0.05) is 24.5 Å². The number of hydrogen-bond acceptors (Lipinski definition) is 3. The number of fused-ring (bicyclic) bond motifs is 1. The summed E-state index contributed by atoms with van der Waals surface area (Å²) in [5.41, 5.74) is 2.62. The van der Waals surface area contributed by atoms with Crippen molar-refractivity contribution >= 4 is 27.5 Å². The van der Waals surface area contributed by atoms with Crippen LogP contribution in [-0.4, -0.2) is 25.2 Å². The molecule has 0 radical (unpaired) electrons. The summed E-state index contributed by atoms with van der Waals surface area (Å²) < 4.78 is 41.3. The largest absolute Gasteiger partial charge is 0.352 e. The first kappa shape index (κ1) is 22.5. The van der Waals surface area contributed by atoms with Gasteiger partial charge in [0.05, 0.1) is 10.9 Å². The fourth-order valence-corrected chi connectivity index (χ4v) is 5.65. The van der Waals surface area contributed by atoms with E-state index in [2.05, 4.69) is 5.32 Å². The third kappa shape index (κ3) is 4.85. The predicted octanol–water partition coefficient (Wildman–Crippen LogP) is 4.47. The third-order valence-electron chi connectivity index (χ3n) is 5.57. The average Bonchev–Trinajstić information content (AvgIpc) is 2.79. The minimum atomic E-state index is -3.84. The lowest BCUT2D eigenvalue weighted by Gasteiger charge is -2.36. The minimum absolute atomic E-state index is 0.0228. The topological polar surface area (TPSA) is 66.5 Å². The molecular formula is C24H22ClFN2O3S. The molecule has 0 fully saturated rings. The van der Waals surface area contributed by atoms with Gasteiger partial charge in [0.2, 0.25) is 15.9 Å². The van der Waals surface area contributed by atoms with Gasteiger partial charge >= 0.3 is 0 Å². The van der Waals surface area contributed by atoms with Crippen LogP contribution in [0.25, 0.3) is 0 Å². The summed E-state index contributed by atoms with van der Waals surface area (Å²) in [5.74, 6) is -0.630. The van der Waals surface area contributed by atoms with E-state index >= 15 is 0 Å². The van der Waals surface area contributed by atoms with E-state index in [1.54, 1.807) is 12.1 Å². The van der Waals surface area contributed by atoms with Crippen molar-refractivity contribution < 1.29 is 17.6 Å². The summed E-state index contributed by atoms with van der Waals surface area (Å²) in [7, 11) is -3.84. The molecule has 0 saturated carbocycles. The van der Waals surface area contributed by atoms with Crippen LogP contribution in [0.1, 0.15) is 29.2 Å². The van der Waals surface area contributed by atoms with E-state index in [1.807, 2.05) is 24.3 Å². The van der Waals surface area contributed by atoms with E-state index < -0.39 is 16.1 Å². The number of nitrogens with zero attached hydrogens (tertiary/aromatic N) is 1. The number of carbonyl (C=O) groups is 1. The number of halogens is 2. The summed E-state index contributed by atoms with van der Waals surface area (Å²) in [6.45, 7) is 0.509. The highest BCUT2D eigenvalue weighted by Gasteiger charge is 2.37. The van der Waals surface area contributed by atoms with Crippen molar-refractivity contribution in [1.29, 1.82) is 0 Å². The quantitative estimate of drug-likeness (QED) is 0.575. The van der Waals surface area contributed by atoms with Crippen LogP contribution in [-0.2, 0) is 27.8 Å². The summed E-state index contributed by atoms with van der Waals surface area (Å²) >= 11 is 5.92. The molecule has 3 aromatic carbocycles. The van der Waals surface area contributed by atoms with Gasteiger partial charge in [-0.3, -0.25) is 4.79 Å². The molecule has 5 nitrogen and oxygen atoms in total. The molecule has 1 unspecified atom stereocenters. The Morgan fingerprint density at radius 2 is 1.72 bits per heavy atom. The normalized spacial score (nSPS) is 16.4. The Labute approximate surface area is 191 Å². The van der Waals surface area contributed by atoms with Crippen molar-refractivity contribution in [3.63, 3.8) is 0 Å². The van der Waals surface area contributed by atoms with Crippen LogP contribution >= 0.6 is 11.6 Å². The molecule has 1 aliphatic rings. The van der Waals surface area contributed by atoms with Gasteiger partial charge in [0.25, 0.3) is 0 Å². The highest BCUT2D eigenvalue weighted by molar-refractivity contribution is 7.89. The first-order valence-electron chi connectivity index (χ1n) is 10.2. The number of nitrogens with one attached hydrogen (secondary N) is 1. The summed E-state index contributed by atoms with van der Waals surface area (Å²) in [5, 5.41) is 3.26. The van der Waals surface area contributed by atoms with Crippen molar-refractivity contribution in [3.05, 3.63) is 100 Å². The minimum Gasteiger partial charge on any atom is -0.352 e. The molecule has 166 valence electrons. The second-order valence-electron chi connectivity index (χ2n) is 7.64. The molecule has 0 aromatic heterocycles. The molecule has 1 heterocycles. The zero-order chi connectivity index (χ0) is 22.7. The first-order valence-corrected chi connectivity index (χ1v) is 12.0. The van der Waals surface area contributed by atoms with E-state index in [0.29, 0.717) is 11.4 Å². The van der Waals surface area contributed by atoms with Gasteiger partial charge in [-0.1, -0.05) is 48.0 Å². The summed E-state index contributed by atoms with van der Waals surface area (Å²) in [4.78, 5) is 12.9. The van der Waals surface area contributed by atoms with E-state index in [9.17, 15) is 17.6 Å². The van der Waals surface area contributed by atoms with Crippen LogP contribution in [0.5, 0.6) is 0 Å². The second kappa shape index (κ2) is 9.40. The van der Waals surface area contributed by atoms with Gasteiger partial charge in [-0.05, 0) is 59.5 Å². The van der Waals surface area contributed by atoms with Gasteiger partial charge in [-0.2, -0.15) is 4.31 Å². The second-order valence-corrected chi connectivity index (χ2v) is 9.97. The molecule has 0 saturated heterocycles. The smallest absolute Gasteiger partial charge is 0.243 e. The molecule has 8 heteroatoms. The maximum atomic E-state index is 13.4. The van der Waals surface area contributed by atoms with Gasteiger partial charge in [-0.15, -0.1) is 0 Å². The molecule has 1 N–H and O–H groups in total. The van der Waals surface area contributed by atoms with Crippen LogP contribution in [0.2, 0.25) is 5.02 Å². The maximum absolute atomic E-state index is 13.4. The molecule has 3 aromatic rings. The molecule has 1 atom stereocenters. The number of rotatable bonds is 6.